The number of hydrogen-bond acceptors (Lipinski definition) is 4. The minimum atomic E-state index is -0.163. The third kappa shape index (κ3) is 2.64. The molecule has 0 spiro atoms. The van der Waals surface area contributed by atoms with E-state index >= 15 is 0 Å². The molecule has 2 fully saturated rings. The lowest BCUT2D eigenvalue weighted by Gasteiger charge is -2.36. The summed E-state index contributed by atoms with van der Waals surface area (Å²) in [5, 5.41) is 10.1. The van der Waals surface area contributed by atoms with Crippen molar-refractivity contribution < 1.29 is 4.79 Å². The van der Waals surface area contributed by atoms with E-state index < -0.39 is 0 Å². The van der Waals surface area contributed by atoms with Gasteiger partial charge in [0.05, 0.1) is 11.4 Å². The molecule has 0 bridgehead atoms. The third-order valence-corrected chi connectivity index (χ3v) is 5.10. The Hall–Kier alpha value is -1.56. The monoisotopic (exact) mass is 291 g/mol. The number of amides is 1. The molecule has 2 aliphatic carbocycles. The van der Waals surface area contributed by atoms with Gasteiger partial charge in [-0.1, -0.05) is 12.8 Å². The van der Waals surface area contributed by atoms with Gasteiger partial charge in [0.25, 0.3) is 5.91 Å². The maximum absolute atomic E-state index is 12.4. The number of aromatic nitrogens is 2. The fraction of sp³-hybridized carbons (Fsp3) is 0.733. The minimum absolute atomic E-state index is 0.0834. The molecule has 1 aromatic heterocycles. The number of likely N-dealkylation sites (N-methyl/N-ethyl adjacent to an activating group) is 1. The van der Waals surface area contributed by atoms with Gasteiger partial charge in [0.15, 0.2) is 5.69 Å². The summed E-state index contributed by atoms with van der Waals surface area (Å²) in [6.07, 6.45) is 6.98. The molecule has 116 valence electrons. The van der Waals surface area contributed by atoms with Crippen LogP contribution in [0.5, 0.6) is 0 Å². The van der Waals surface area contributed by atoms with Crippen LogP contribution in [0.3, 0.4) is 0 Å². The molecule has 2 aliphatic rings. The Morgan fingerprint density at radius 1 is 1.43 bits per heavy atom. The van der Waals surface area contributed by atoms with E-state index in [1.807, 2.05) is 0 Å². The molecular formula is C15H25N5O. The van der Waals surface area contributed by atoms with E-state index in [2.05, 4.69) is 34.5 Å². The van der Waals surface area contributed by atoms with E-state index in [9.17, 15) is 4.79 Å². The standard InChI is InChI=1S/C15H25N5O/c1-20(2)15(7-3-4-8-15)9-17-14(21)13-11(16)12(18-19-13)10-5-6-10/h10H,3-9,16H2,1-2H3,(H,17,21)(H,18,19). The molecule has 0 aliphatic heterocycles. The van der Waals surface area contributed by atoms with Gasteiger partial charge in [-0.05, 0) is 39.8 Å². The molecule has 2 saturated carbocycles. The van der Waals surface area contributed by atoms with Crippen molar-refractivity contribution in [1.29, 1.82) is 0 Å². The second-order valence-electron chi connectivity index (χ2n) is 6.68. The lowest BCUT2D eigenvalue weighted by atomic mass is 9.96. The number of carbonyl (C=O) groups excluding carboxylic acids is 1. The van der Waals surface area contributed by atoms with Crippen molar-refractivity contribution in [2.75, 3.05) is 26.4 Å². The number of carbonyl (C=O) groups is 1. The Kier molecular flexibility index (Phi) is 3.65. The predicted molar refractivity (Wildman–Crippen MR) is 82.2 cm³/mol. The zero-order valence-electron chi connectivity index (χ0n) is 12.9. The highest BCUT2D eigenvalue weighted by molar-refractivity contribution is 5.97. The average Bonchev–Trinajstić information content (AvgIpc) is 3.04. The maximum atomic E-state index is 12.4. The molecular weight excluding hydrogens is 266 g/mol. The van der Waals surface area contributed by atoms with Gasteiger partial charge in [-0.2, -0.15) is 5.10 Å². The highest BCUT2D eigenvalue weighted by atomic mass is 16.2. The van der Waals surface area contributed by atoms with Crippen LogP contribution in [-0.2, 0) is 0 Å². The summed E-state index contributed by atoms with van der Waals surface area (Å²) in [5.74, 6) is 0.311. The summed E-state index contributed by atoms with van der Waals surface area (Å²) >= 11 is 0. The molecule has 1 aromatic rings. The molecule has 0 atom stereocenters. The van der Waals surface area contributed by atoms with Gasteiger partial charge in [0.2, 0.25) is 0 Å². The fourth-order valence-electron chi connectivity index (χ4n) is 3.36. The summed E-state index contributed by atoms with van der Waals surface area (Å²) in [6.45, 7) is 0.657. The number of H-pyrrole nitrogens is 1. The molecule has 6 nitrogen and oxygen atoms in total. The molecule has 0 saturated heterocycles. The van der Waals surface area contributed by atoms with Crippen molar-refractivity contribution in [2.45, 2.75) is 50.0 Å². The van der Waals surface area contributed by atoms with Crippen LogP contribution in [0.1, 0.15) is 60.6 Å². The van der Waals surface area contributed by atoms with Crippen molar-refractivity contribution in [3.63, 3.8) is 0 Å². The molecule has 1 heterocycles. The average molecular weight is 291 g/mol. The van der Waals surface area contributed by atoms with E-state index in [1.54, 1.807) is 0 Å². The second kappa shape index (κ2) is 5.33. The zero-order valence-corrected chi connectivity index (χ0v) is 12.9. The molecule has 1 amide bonds. The lowest BCUT2D eigenvalue weighted by Crippen LogP contribution is -2.50. The van der Waals surface area contributed by atoms with Crippen molar-refractivity contribution in [3.05, 3.63) is 11.4 Å². The Morgan fingerprint density at radius 2 is 2.10 bits per heavy atom. The minimum Gasteiger partial charge on any atom is -0.395 e. The number of nitrogens with zero attached hydrogens (tertiary/aromatic N) is 2. The molecule has 4 N–H and O–H groups in total. The van der Waals surface area contributed by atoms with E-state index in [0.717, 1.165) is 31.4 Å². The number of aromatic amines is 1. The van der Waals surface area contributed by atoms with Crippen LogP contribution in [0.15, 0.2) is 0 Å². The van der Waals surface area contributed by atoms with Crippen LogP contribution in [0.25, 0.3) is 0 Å². The van der Waals surface area contributed by atoms with Gasteiger partial charge < -0.3 is 16.0 Å². The third-order valence-electron chi connectivity index (χ3n) is 5.10. The Labute approximate surface area is 125 Å². The summed E-state index contributed by atoms with van der Waals surface area (Å²) in [7, 11) is 4.18. The van der Waals surface area contributed by atoms with Gasteiger partial charge >= 0.3 is 0 Å². The fourth-order valence-corrected chi connectivity index (χ4v) is 3.36. The number of nitrogens with two attached hydrogens (primary N) is 1. The first-order valence-corrected chi connectivity index (χ1v) is 7.83. The van der Waals surface area contributed by atoms with Gasteiger partial charge in [-0.15, -0.1) is 0 Å². The largest absolute Gasteiger partial charge is 0.395 e. The maximum Gasteiger partial charge on any atom is 0.274 e. The zero-order chi connectivity index (χ0) is 15.0. The van der Waals surface area contributed by atoms with Gasteiger partial charge in [-0.3, -0.25) is 9.89 Å². The smallest absolute Gasteiger partial charge is 0.274 e. The molecule has 0 aromatic carbocycles. The van der Waals surface area contributed by atoms with Crippen LogP contribution in [0, 0.1) is 0 Å². The quantitative estimate of drug-likeness (QED) is 0.766. The Bertz CT molecular complexity index is 526. The topological polar surface area (TPSA) is 87.0 Å². The summed E-state index contributed by atoms with van der Waals surface area (Å²) in [4.78, 5) is 14.6. The van der Waals surface area contributed by atoms with Gasteiger partial charge in [0, 0.05) is 18.0 Å². The first-order valence-electron chi connectivity index (χ1n) is 7.83. The van der Waals surface area contributed by atoms with Crippen molar-refractivity contribution in [3.8, 4) is 0 Å². The number of rotatable bonds is 5. The molecule has 0 radical (unpaired) electrons. The normalized spacial score (nSPS) is 20.9. The first kappa shape index (κ1) is 14.4. The highest BCUT2D eigenvalue weighted by Crippen LogP contribution is 2.42. The highest BCUT2D eigenvalue weighted by Gasteiger charge is 2.37. The van der Waals surface area contributed by atoms with Gasteiger partial charge in [0.1, 0.15) is 0 Å². The molecule has 21 heavy (non-hydrogen) atoms. The van der Waals surface area contributed by atoms with Crippen LogP contribution >= 0.6 is 0 Å². The van der Waals surface area contributed by atoms with Gasteiger partial charge in [-0.25, -0.2) is 0 Å². The van der Waals surface area contributed by atoms with E-state index in [1.165, 1.54) is 12.8 Å². The van der Waals surface area contributed by atoms with E-state index in [0.29, 0.717) is 23.8 Å². The first-order chi connectivity index (χ1) is 10.0. The van der Waals surface area contributed by atoms with Crippen molar-refractivity contribution in [2.24, 2.45) is 0 Å². The number of anilines is 1. The second-order valence-corrected chi connectivity index (χ2v) is 6.68. The van der Waals surface area contributed by atoms with Crippen LogP contribution < -0.4 is 11.1 Å². The van der Waals surface area contributed by atoms with Crippen LogP contribution in [0.2, 0.25) is 0 Å². The number of hydrogen-bond donors (Lipinski definition) is 3. The van der Waals surface area contributed by atoms with Crippen LogP contribution in [-0.4, -0.2) is 47.2 Å². The number of nitrogens with one attached hydrogen (secondary N) is 2. The summed E-state index contributed by atoms with van der Waals surface area (Å²) < 4.78 is 0. The van der Waals surface area contributed by atoms with E-state index in [-0.39, 0.29) is 11.4 Å². The molecule has 0 unspecified atom stereocenters. The SMILES string of the molecule is CN(C)C1(CNC(=O)c2n[nH]c(C3CC3)c2N)CCCC1. The van der Waals surface area contributed by atoms with Crippen LogP contribution in [0.4, 0.5) is 5.69 Å². The predicted octanol–water partition coefficient (Wildman–Crippen LogP) is 1.47. The summed E-state index contributed by atoms with van der Waals surface area (Å²) in [5.41, 5.74) is 7.95. The summed E-state index contributed by atoms with van der Waals surface area (Å²) in [6, 6.07) is 0. The van der Waals surface area contributed by atoms with Crippen molar-refractivity contribution in [1.82, 2.24) is 20.4 Å². The Balaban J connectivity index is 1.66. The van der Waals surface area contributed by atoms with E-state index in [4.69, 9.17) is 5.73 Å². The number of nitrogen functional groups attached to an aromatic ring is 1. The molecule has 6 heteroatoms. The van der Waals surface area contributed by atoms with Crippen molar-refractivity contribution >= 4 is 11.6 Å². The Morgan fingerprint density at radius 3 is 2.67 bits per heavy atom. The lowest BCUT2D eigenvalue weighted by molar-refractivity contribution is 0.0896. The molecule has 3 rings (SSSR count).